The van der Waals surface area contributed by atoms with Gasteiger partial charge in [0.2, 0.25) is 5.91 Å². The van der Waals surface area contributed by atoms with Gasteiger partial charge in [0.05, 0.1) is 18.6 Å². The maximum Gasteiger partial charge on any atom is 0.305 e. The van der Waals surface area contributed by atoms with Crippen LogP contribution in [0.25, 0.3) is 0 Å². The lowest BCUT2D eigenvalue weighted by molar-refractivity contribution is -0.142. The quantitative estimate of drug-likeness (QED) is 0.722. The molecule has 5 heteroatoms. The van der Waals surface area contributed by atoms with E-state index in [1.165, 1.54) is 12.7 Å². The molecular formula is C19H24N2O3. The van der Waals surface area contributed by atoms with Crippen LogP contribution in [-0.4, -0.2) is 37.0 Å². The Balaban J connectivity index is 1.86. The summed E-state index contributed by atoms with van der Waals surface area (Å²) in [4.78, 5) is 25.3. The summed E-state index contributed by atoms with van der Waals surface area (Å²) in [5, 5.41) is 9.62. The number of aryl methyl sites for hydroxylation is 1. The van der Waals surface area contributed by atoms with Crippen LogP contribution < -0.4 is 0 Å². The number of methoxy groups -OCH3 is 1. The SMILES string of the molecule is COC(=O)CCCN1CC[C@@](C#N)(CCc2ccccc2)CC1=O. The maximum absolute atomic E-state index is 12.4. The first-order valence-corrected chi connectivity index (χ1v) is 8.38. The zero-order valence-corrected chi connectivity index (χ0v) is 14.2. The summed E-state index contributed by atoms with van der Waals surface area (Å²) >= 11 is 0. The molecular weight excluding hydrogens is 304 g/mol. The molecule has 1 saturated heterocycles. The van der Waals surface area contributed by atoms with E-state index >= 15 is 0 Å². The van der Waals surface area contributed by atoms with E-state index in [-0.39, 0.29) is 18.3 Å². The Hall–Kier alpha value is -2.35. The fourth-order valence-electron chi connectivity index (χ4n) is 3.11. The van der Waals surface area contributed by atoms with Crippen LogP contribution in [0.4, 0.5) is 0 Å². The summed E-state index contributed by atoms with van der Waals surface area (Å²) < 4.78 is 4.61. The number of benzene rings is 1. The van der Waals surface area contributed by atoms with Crippen LogP contribution in [0, 0.1) is 16.7 Å². The van der Waals surface area contributed by atoms with Gasteiger partial charge in [-0.25, -0.2) is 0 Å². The van der Waals surface area contributed by atoms with Gasteiger partial charge in [-0.15, -0.1) is 0 Å². The van der Waals surface area contributed by atoms with Crippen LogP contribution in [0.15, 0.2) is 30.3 Å². The molecule has 1 amide bonds. The Bertz CT molecular complexity index is 609. The summed E-state index contributed by atoms with van der Waals surface area (Å²) in [5.74, 6) is -0.241. The average Bonchev–Trinajstić information content (AvgIpc) is 2.62. The van der Waals surface area contributed by atoms with Gasteiger partial charge in [0.15, 0.2) is 0 Å². The molecule has 0 saturated carbocycles. The first kappa shape index (κ1) is 18.0. The highest BCUT2D eigenvalue weighted by molar-refractivity contribution is 5.78. The third-order valence-corrected chi connectivity index (χ3v) is 4.71. The largest absolute Gasteiger partial charge is 0.469 e. The number of nitrogens with zero attached hydrogens (tertiary/aromatic N) is 2. The standard InChI is InChI=1S/C19H24N2O3/c1-24-18(23)8-5-12-21-13-11-19(15-20,14-17(21)22)10-9-16-6-3-2-4-7-16/h2-4,6-7H,5,8-14H2,1H3/t19-/m0/s1. The molecule has 1 fully saturated rings. The van der Waals surface area contributed by atoms with Gasteiger partial charge in [0.25, 0.3) is 0 Å². The number of carbonyl (C=O) groups is 2. The van der Waals surface area contributed by atoms with Crippen molar-refractivity contribution in [3.05, 3.63) is 35.9 Å². The van der Waals surface area contributed by atoms with Gasteiger partial charge in [-0.05, 0) is 31.2 Å². The fourth-order valence-corrected chi connectivity index (χ4v) is 3.11. The second-order valence-electron chi connectivity index (χ2n) is 6.36. The molecule has 128 valence electrons. The Kier molecular flexibility index (Phi) is 6.36. The van der Waals surface area contributed by atoms with E-state index in [1.807, 2.05) is 18.2 Å². The molecule has 0 bridgehead atoms. The molecule has 0 unspecified atom stereocenters. The number of nitriles is 1. The normalized spacial score (nSPS) is 20.5. The smallest absolute Gasteiger partial charge is 0.305 e. The van der Waals surface area contributed by atoms with Crippen LogP contribution in [0.5, 0.6) is 0 Å². The van der Waals surface area contributed by atoms with E-state index < -0.39 is 5.41 Å². The van der Waals surface area contributed by atoms with E-state index in [1.54, 1.807) is 4.90 Å². The van der Waals surface area contributed by atoms with Gasteiger partial charge in [-0.2, -0.15) is 5.26 Å². The number of likely N-dealkylation sites (tertiary alicyclic amines) is 1. The molecule has 1 aromatic carbocycles. The van der Waals surface area contributed by atoms with Crippen molar-refractivity contribution < 1.29 is 14.3 Å². The number of carbonyl (C=O) groups excluding carboxylic acids is 2. The van der Waals surface area contributed by atoms with Crippen LogP contribution in [0.2, 0.25) is 0 Å². The molecule has 24 heavy (non-hydrogen) atoms. The van der Waals surface area contributed by atoms with Crippen LogP contribution in [-0.2, 0) is 20.7 Å². The molecule has 0 spiro atoms. The van der Waals surface area contributed by atoms with Crippen molar-refractivity contribution in [1.29, 1.82) is 5.26 Å². The topological polar surface area (TPSA) is 70.4 Å². The second kappa shape index (κ2) is 8.49. The molecule has 0 N–H and O–H groups in total. The van der Waals surface area contributed by atoms with E-state index in [2.05, 4.69) is 22.9 Å². The second-order valence-corrected chi connectivity index (χ2v) is 6.36. The van der Waals surface area contributed by atoms with Gasteiger partial charge in [-0.3, -0.25) is 9.59 Å². The predicted molar refractivity (Wildman–Crippen MR) is 89.9 cm³/mol. The van der Waals surface area contributed by atoms with E-state index in [0.717, 1.165) is 6.42 Å². The summed E-state index contributed by atoms with van der Waals surface area (Å²) in [6.07, 6.45) is 3.40. The molecule has 0 aromatic heterocycles. The number of rotatable bonds is 7. The van der Waals surface area contributed by atoms with Gasteiger partial charge in [0, 0.05) is 25.9 Å². The third kappa shape index (κ3) is 4.82. The highest BCUT2D eigenvalue weighted by Gasteiger charge is 2.38. The highest BCUT2D eigenvalue weighted by atomic mass is 16.5. The van der Waals surface area contributed by atoms with Gasteiger partial charge >= 0.3 is 5.97 Å². The molecule has 1 heterocycles. The fraction of sp³-hybridized carbons (Fsp3) is 0.526. The predicted octanol–water partition coefficient (Wildman–Crippen LogP) is 2.70. The van der Waals surface area contributed by atoms with Crippen LogP contribution in [0.3, 0.4) is 0 Å². The van der Waals surface area contributed by atoms with E-state index in [0.29, 0.717) is 38.8 Å². The number of hydrogen-bond acceptors (Lipinski definition) is 4. The number of piperidine rings is 1. The lowest BCUT2D eigenvalue weighted by atomic mass is 9.75. The zero-order chi connectivity index (χ0) is 17.4. The molecule has 1 aromatic rings. The van der Waals surface area contributed by atoms with E-state index in [9.17, 15) is 14.9 Å². The maximum atomic E-state index is 12.4. The minimum absolute atomic E-state index is 0.0146. The molecule has 1 aliphatic heterocycles. The Labute approximate surface area is 143 Å². The number of ether oxygens (including phenoxy) is 1. The van der Waals surface area contributed by atoms with Gasteiger partial charge < -0.3 is 9.64 Å². The number of esters is 1. The van der Waals surface area contributed by atoms with Crippen LogP contribution in [0.1, 0.15) is 37.7 Å². The highest BCUT2D eigenvalue weighted by Crippen LogP contribution is 2.36. The summed E-state index contributed by atoms with van der Waals surface area (Å²) in [5.41, 5.74) is 0.631. The molecule has 5 nitrogen and oxygen atoms in total. The lowest BCUT2D eigenvalue weighted by Gasteiger charge is -2.37. The summed E-state index contributed by atoms with van der Waals surface area (Å²) in [7, 11) is 1.36. The Morgan fingerprint density at radius 1 is 1.38 bits per heavy atom. The van der Waals surface area contributed by atoms with Crippen LogP contribution >= 0.6 is 0 Å². The monoisotopic (exact) mass is 328 g/mol. The van der Waals surface area contributed by atoms with Crippen molar-refractivity contribution in [3.8, 4) is 6.07 Å². The van der Waals surface area contributed by atoms with E-state index in [4.69, 9.17) is 0 Å². The molecule has 1 aliphatic rings. The summed E-state index contributed by atoms with van der Waals surface area (Å²) in [6, 6.07) is 12.5. The first-order chi connectivity index (χ1) is 11.6. The van der Waals surface area contributed by atoms with Crippen molar-refractivity contribution in [1.82, 2.24) is 4.90 Å². The minimum Gasteiger partial charge on any atom is -0.469 e. The average molecular weight is 328 g/mol. The third-order valence-electron chi connectivity index (χ3n) is 4.71. The molecule has 0 radical (unpaired) electrons. The number of hydrogen-bond donors (Lipinski definition) is 0. The lowest BCUT2D eigenvalue weighted by Crippen LogP contribution is -2.44. The van der Waals surface area contributed by atoms with Crippen molar-refractivity contribution in [2.75, 3.05) is 20.2 Å². The summed E-state index contributed by atoms with van der Waals surface area (Å²) in [6.45, 7) is 1.14. The van der Waals surface area contributed by atoms with Crippen molar-refractivity contribution in [3.63, 3.8) is 0 Å². The molecule has 2 rings (SSSR count). The Morgan fingerprint density at radius 2 is 2.12 bits per heavy atom. The van der Waals surface area contributed by atoms with Gasteiger partial charge in [0.1, 0.15) is 0 Å². The van der Waals surface area contributed by atoms with Gasteiger partial charge in [-0.1, -0.05) is 30.3 Å². The number of amides is 1. The van der Waals surface area contributed by atoms with Crippen molar-refractivity contribution in [2.24, 2.45) is 5.41 Å². The Morgan fingerprint density at radius 3 is 2.75 bits per heavy atom. The minimum atomic E-state index is -0.564. The van der Waals surface area contributed by atoms with Crippen molar-refractivity contribution in [2.45, 2.75) is 38.5 Å². The molecule has 1 atom stereocenters. The first-order valence-electron chi connectivity index (χ1n) is 8.38. The zero-order valence-electron chi connectivity index (χ0n) is 14.2. The van der Waals surface area contributed by atoms with Crippen molar-refractivity contribution >= 4 is 11.9 Å². The molecule has 0 aliphatic carbocycles.